The van der Waals surface area contributed by atoms with Gasteiger partial charge in [0.25, 0.3) is 0 Å². The van der Waals surface area contributed by atoms with Gasteiger partial charge in [-0.05, 0) is 92.0 Å². The molecule has 5 aliphatic rings. The zero-order valence-corrected chi connectivity index (χ0v) is 28.9. The largest absolute Gasteiger partial charge is 0.338 e. The van der Waals surface area contributed by atoms with Gasteiger partial charge in [-0.2, -0.15) is 0 Å². The molecule has 5 aliphatic carbocycles. The van der Waals surface area contributed by atoms with Gasteiger partial charge >= 0.3 is 0 Å². The van der Waals surface area contributed by atoms with Crippen molar-refractivity contribution in [1.29, 1.82) is 0 Å². The van der Waals surface area contributed by atoms with Crippen LogP contribution in [0.5, 0.6) is 0 Å². The van der Waals surface area contributed by atoms with Crippen LogP contribution < -0.4 is 4.90 Å². The van der Waals surface area contributed by atoms with Crippen LogP contribution in [0.2, 0.25) is 0 Å². The van der Waals surface area contributed by atoms with Crippen LogP contribution in [0.1, 0.15) is 43.7 Å². The van der Waals surface area contributed by atoms with Crippen molar-refractivity contribution in [3.8, 4) is 0 Å². The highest BCUT2D eigenvalue weighted by Gasteiger charge is 2.38. The third-order valence-corrected chi connectivity index (χ3v) is 10.1. The van der Waals surface area contributed by atoms with Gasteiger partial charge in [-0.15, -0.1) is 19.7 Å². The van der Waals surface area contributed by atoms with E-state index in [-0.39, 0.29) is 12.0 Å². The molecule has 5 unspecified atom stereocenters. The third kappa shape index (κ3) is 7.81. The predicted octanol–water partition coefficient (Wildman–Crippen LogP) is 11.8. The van der Waals surface area contributed by atoms with E-state index in [1.54, 1.807) is 0 Å². The zero-order valence-electron chi connectivity index (χ0n) is 28.9. The molecule has 2 heteroatoms. The Morgan fingerprint density at radius 2 is 1.71 bits per heavy atom. The Hall–Kier alpha value is -5.08. The molecule has 0 amide bonds. The molecule has 0 saturated heterocycles. The Labute approximate surface area is 295 Å². The molecule has 0 N–H and O–H groups in total. The van der Waals surface area contributed by atoms with Gasteiger partial charge in [0, 0.05) is 46.7 Å². The zero-order chi connectivity index (χ0) is 34.0. The normalized spacial score (nSPS) is 23.9. The summed E-state index contributed by atoms with van der Waals surface area (Å²) in [5.74, 6) is 1.53. The minimum atomic E-state index is 0.0994. The first-order valence-electron chi connectivity index (χ1n) is 17.9. The molecule has 2 bridgehead atoms. The lowest BCUT2D eigenvalue weighted by molar-refractivity contribution is 0.319. The summed E-state index contributed by atoms with van der Waals surface area (Å²) in [5.41, 5.74) is 8.78. The highest BCUT2D eigenvalue weighted by Crippen LogP contribution is 2.46. The van der Waals surface area contributed by atoms with E-state index in [1.165, 1.54) is 33.8 Å². The molecule has 1 aromatic rings. The lowest BCUT2D eigenvalue weighted by atomic mass is 9.65. The van der Waals surface area contributed by atoms with Gasteiger partial charge in [0.05, 0.1) is 6.04 Å². The first-order valence-corrected chi connectivity index (χ1v) is 17.9. The minimum Gasteiger partial charge on any atom is -0.338 e. The predicted molar refractivity (Wildman–Crippen MR) is 212 cm³/mol. The number of allylic oxidation sites excluding steroid dienone is 18. The topological polar surface area (TPSA) is 6.48 Å². The lowest BCUT2D eigenvalue weighted by Crippen LogP contribution is -2.37. The molecule has 248 valence electrons. The molecular formula is C47H50N2. The highest BCUT2D eigenvalue weighted by atomic mass is 15.2. The average Bonchev–Trinajstić information content (AvgIpc) is 3.14. The van der Waals surface area contributed by atoms with Crippen molar-refractivity contribution >= 4 is 11.8 Å². The van der Waals surface area contributed by atoms with E-state index in [1.807, 2.05) is 6.08 Å². The average molecular weight is 643 g/mol. The fourth-order valence-electron chi connectivity index (χ4n) is 7.69. The van der Waals surface area contributed by atoms with E-state index < -0.39 is 0 Å². The number of hydrogen-bond acceptors (Lipinski definition) is 2. The minimum absolute atomic E-state index is 0.0994. The number of fused-ring (bicyclic) bond motifs is 6. The summed E-state index contributed by atoms with van der Waals surface area (Å²) in [7, 11) is 0. The Morgan fingerprint density at radius 3 is 2.51 bits per heavy atom. The SMILES string of the molecule is C=CCC(C=C)N(C1=CC(C=C)C2C(=C1)C=CC1C=CC=CC12)C1=CC=C(N(C=CC)c2ccccc3ccc(c2)C=CC=CCC3)CC1. The Kier molecular flexibility index (Phi) is 11.3. The third-order valence-electron chi connectivity index (χ3n) is 10.1. The van der Waals surface area contributed by atoms with E-state index >= 15 is 0 Å². The maximum absolute atomic E-state index is 4.31. The first kappa shape index (κ1) is 33.8. The quantitative estimate of drug-likeness (QED) is 0.234. The molecule has 0 aromatic heterocycles. The highest BCUT2D eigenvalue weighted by molar-refractivity contribution is 5.62. The Morgan fingerprint density at radius 1 is 0.878 bits per heavy atom. The van der Waals surface area contributed by atoms with Crippen LogP contribution in [0.25, 0.3) is 6.08 Å². The van der Waals surface area contributed by atoms with Gasteiger partial charge in [0.15, 0.2) is 0 Å². The van der Waals surface area contributed by atoms with Gasteiger partial charge in [0.2, 0.25) is 0 Å². The van der Waals surface area contributed by atoms with E-state index in [0.717, 1.165) is 37.8 Å². The lowest BCUT2D eigenvalue weighted by Gasteiger charge is -2.43. The second kappa shape index (κ2) is 16.3. The fourth-order valence-corrected chi connectivity index (χ4v) is 7.69. The number of rotatable bonds is 10. The molecule has 0 spiro atoms. The fraction of sp³-hybridized carbons (Fsp3) is 0.234. The van der Waals surface area contributed by atoms with Crippen molar-refractivity contribution in [3.63, 3.8) is 0 Å². The first-order chi connectivity index (χ1) is 24.1. The van der Waals surface area contributed by atoms with Crippen molar-refractivity contribution < 1.29 is 0 Å². The molecule has 6 rings (SSSR count). The van der Waals surface area contributed by atoms with E-state index in [2.05, 4.69) is 188 Å². The van der Waals surface area contributed by atoms with Crippen molar-refractivity contribution in [2.75, 3.05) is 4.90 Å². The van der Waals surface area contributed by atoms with Crippen molar-refractivity contribution in [2.24, 2.45) is 23.7 Å². The van der Waals surface area contributed by atoms with Crippen LogP contribution in [-0.4, -0.2) is 10.9 Å². The monoisotopic (exact) mass is 642 g/mol. The van der Waals surface area contributed by atoms with Gasteiger partial charge in [-0.3, -0.25) is 0 Å². The Bertz CT molecular complexity index is 1800. The summed E-state index contributed by atoms with van der Waals surface area (Å²) in [4.78, 5) is 4.83. The second-order valence-corrected chi connectivity index (χ2v) is 13.2. The van der Waals surface area contributed by atoms with Crippen molar-refractivity contribution in [3.05, 3.63) is 205 Å². The number of nitrogens with zero attached hydrogens (tertiary/aromatic N) is 2. The second-order valence-electron chi connectivity index (χ2n) is 13.2. The number of anilines is 1. The summed E-state index contributed by atoms with van der Waals surface area (Å²) >= 11 is 0. The van der Waals surface area contributed by atoms with E-state index in [4.69, 9.17) is 0 Å². The molecule has 0 radical (unpaired) electrons. The van der Waals surface area contributed by atoms with Crippen LogP contribution in [0.15, 0.2) is 194 Å². The van der Waals surface area contributed by atoms with Gasteiger partial charge in [-0.1, -0.05) is 121 Å². The molecule has 5 atom stereocenters. The van der Waals surface area contributed by atoms with Gasteiger partial charge in [-0.25, -0.2) is 0 Å². The van der Waals surface area contributed by atoms with Gasteiger partial charge < -0.3 is 9.80 Å². The number of hydrogen-bond donors (Lipinski definition) is 0. The maximum Gasteiger partial charge on any atom is 0.0550 e. The number of aryl methyl sites for hydroxylation is 1. The van der Waals surface area contributed by atoms with Crippen LogP contribution in [0, 0.1) is 23.7 Å². The van der Waals surface area contributed by atoms with Gasteiger partial charge in [0.1, 0.15) is 0 Å². The summed E-state index contributed by atoms with van der Waals surface area (Å²) in [6.07, 6.45) is 47.3. The summed E-state index contributed by atoms with van der Waals surface area (Å²) in [6, 6.07) is 15.6. The molecular weight excluding hydrogens is 593 g/mol. The maximum atomic E-state index is 4.31. The summed E-state index contributed by atoms with van der Waals surface area (Å²) in [5, 5.41) is 0. The Balaban J connectivity index is 1.38. The van der Waals surface area contributed by atoms with Crippen molar-refractivity contribution in [2.45, 2.75) is 45.1 Å². The molecule has 0 heterocycles. The molecule has 0 aliphatic heterocycles. The van der Waals surface area contributed by atoms with Crippen LogP contribution in [0.3, 0.4) is 0 Å². The molecule has 49 heavy (non-hydrogen) atoms. The smallest absolute Gasteiger partial charge is 0.0550 e. The van der Waals surface area contributed by atoms with E-state index in [0.29, 0.717) is 17.8 Å². The summed E-state index contributed by atoms with van der Waals surface area (Å²) in [6.45, 7) is 14.8. The molecule has 2 nitrogen and oxygen atoms in total. The van der Waals surface area contributed by atoms with Crippen LogP contribution in [0.4, 0.5) is 5.69 Å². The molecule has 0 saturated carbocycles. The summed E-state index contributed by atoms with van der Waals surface area (Å²) < 4.78 is 0. The van der Waals surface area contributed by atoms with Crippen LogP contribution >= 0.6 is 0 Å². The van der Waals surface area contributed by atoms with Crippen molar-refractivity contribution in [1.82, 2.24) is 4.90 Å². The van der Waals surface area contributed by atoms with E-state index in [9.17, 15) is 0 Å². The molecule has 1 aromatic carbocycles. The molecule has 0 fully saturated rings. The standard InChI is InChI=1S/C47H50N2/c1-5-17-41(8-4)49(45-34-38(7-3)47-40(35-45)27-26-39-21-14-16-23-46(39)47)43-30-28-42(29-31-43)48(32-6-2)44-22-15-13-19-36-18-11-9-10-12-20-37(33-44)25-24-36/h5-10,12-16,19-28,30,32-35,38-39,41,46-47H,1,3-4,11,17-18,29,31H2,2H3. The van der Waals surface area contributed by atoms with Crippen LogP contribution in [-0.2, 0) is 6.42 Å².